The minimum absolute atomic E-state index is 0.00295. The molecule has 3 aromatic rings. The molecule has 2 amide bonds. The maximum atomic E-state index is 13.7. The first-order chi connectivity index (χ1) is 13.6. The summed E-state index contributed by atoms with van der Waals surface area (Å²) in [6.07, 6.45) is -3.92. The Hall–Kier alpha value is -3.38. The van der Waals surface area contributed by atoms with E-state index in [1.807, 2.05) is 0 Å². The van der Waals surface area contributed by atoms with Crippen molar-refractivity contribution in [1.29, 1.82) is 0 Å². The number of carbonyl (C=O) groups excluding carboxylic acids is 1. The molecule has 0 saturated carbocycles. The minimum atomic E-state index is -4.63. The molecular weight excluding hydrogens is 401 g/mol. The molecule has 1 unspecified atom stereocenters. The van der Waals surface area contributed by atoms with Crippen molar-refractivity contribution in [2.75, 3.05) is 16.8 Å². The third kappa shape index (κ3) is 3.32. The zero-order valence-electron chi connectivity index (χ0n) is 14.7. The lowest BCUT2D eigenvalue weighted by Gasteiger charge is -2.19. The first-order valence-corrected chi connectivity index (χ1v) is 8.26. The number of rotatable bonds is 2. The van der Waals surface area contributed by atoms with E-state index in [1.165, 1.54) is 10.7 Å². The number of amides is 2. The van der Waals surface area contributed by atoms with Gasteiger partial charge in [0.25, 0.3) is 6.43 Å². The van der Waals surface area contributed by atoms with Crippen LogP contribution in [0.15, 0.2) is 24.7 Å². The Morgan fingerprint density at radius 3 is 2.76 bits per heavy atom. The Morgan fingerprint density at radius 1 is 1.31 bits per heavy atom. The first-order valence-electron chi connectivity index (χ1n) is 8.26. The Morgan fingerprint density at radius 2 is 2.07 bits per heavy atom. The van der Waals surface area contributed by atoms with E-state index in [9.17, 15) is 26.7 Å². The second-order valence-electron chi connectivity index (χ2n) is 6.40. The van der Waals surface area contributed by atoms with Gasteiger partial charge in [0, 0.05) is 12.1 Å². The van der Waals surface area contributed by atoms with Crippen LogP contribution in [0.2, 0.25) is 0 Å². The lowest BCUT2D eigenvalue weighted by atomic mass is 10.0. The molecule has 1 atom stereocenters. The fraction of sp³-hybridized carbons (Fsp3) is 0.312. The number of hydrogen-bond donors (Lipinski definition) is 1. The quantitative estimate of drug-likeness (QED) is 0.650. The monoisotopic (exact) mass is 413 g/mol. The van der Waals surface area contributed by atoms with Gasteiger partial charge >= 0.3 is 12.2 Å². The Kier molecular flexibility index (Phi) is 4.31. The molecule has 4 rings (SSSR count). The molecule has 4 heterocycles. The van der Waals surface area contributed by atoms with Gasteiger partial charge in [0.15, 0.2) is 5.65 Å². The predicted molar refractivity (Wildman–Crippen MR) is 89.9 cm³/mol. The van der Waals surface area contributed by atoms with E-state index in [4.69, 9.17) is 0 Å². The fourth-order valence-corrected chi connectivity index (χ4v) is 3.19. The number of alkyl halides is 5. The van der Waals surface area contributed by atoms with Crippen molar-refractivity contribution >= 4 is 23.1 Å². The molecular formula is C16H12F5N7O. The standard InChI is InChI=1S/C16H12F5N7O/c1-7-5-28-14(24-7)12-9(16(19,20)21)6-27(11(12)4-23-28)15(29)25-8-2-10(13(17)18)26-22-3-8/h2-5,9,13H,6H2,1H3,(H,25,26,29). The summed E-state index contributed by atoms with van der Waals surface area (Å²) in [5.41, 5.74) is -0.548. The van der Waals surface area contributed by atoms with Gasteiger partial charge in [-0.1, -0.05) is 0 Å². The van der Waals surface area contributed by atoms with E-state index < -0.39 is 36.8 Å². The van der Waals surface area contributed by atoms with E-state index in [0.29, 0.717) is 5.69 Å². The smallest absolute Gasteiger partial charge is 0.306 e. The number of anilines is 2. The summed E-state index contributed by atoms with van der Waals surface area (Å²) in [5.74, 6) is -1.97. The summed E-state index contributed by atoms with van der Waals surface area (Å²) >= 11 is 0. The van der Waals surface area contributed by atoms with Gasteiger partial charge < -0.3 is 5.32 Å². The van der Waals surface area contributed by atoms with Gasteiger partial charge in [-0.2, -0.15) is 23.4 Å². The largest absolute Gasteiger partial charge is 0.397 e. The molecule has 0 saturated heterocycles. The average molecular weight is 413 g/mol. The summed E-state index contributed by atoms with van der Waals surface area (Å²) < 4.78 is 67.7. The molecule has 0 spiro atoms. The maximum Gasteiger partial charge on any atom is 0.397 e. The SMILES string of the molecule is Cc1cn2ncc3c(c2n1)C(C(F)(F)F)CN3C(=O)Nc1cnnc(C(F)F)c1. The van der Waals surface area contributed by atoms with Crippen molar-refractivity contribution in [2.45, 2.75) is 25.4 Å². The van der Waals surface area contributed by atoms with Gasteiger partial charge in [-0.05, 0) is 13.0 Å². The van der Waals surface area contributed by atoms with Crippen LogP contribution in [-0.2, 0) is 0 Å². The number of fused-ring (bicyclic) bond motifs is 3. The van der Waals surface area contributed by atoms with Crippen LogP contribution in [0.4, 0.5) is 38.1 Å². The zero-order chi connectivity index (χ0) is 20.9. The number of halogens is 5. The molecule has 3 aromatic heterocycles. The van der Waals surface area contributed by atoms with Crippen LogP contribution >= 0.6 is 0 Å². The summed E-state index contributed by atoms with van der Waals surface area (Å²) in [7, 11) is 0. The molecule has 1 aliphatic rings. The van der Waals surface area contributed by atoms with E-state index in [1.54, 1.807) is 6.92 Å². The van der Waals surface area contributed by atoms with Crippen molar-refractivity contribution in [3.63, 3.8) is 0 Å². The number of nitrogens with one attached hydrogen (secondary N) is 1. The van der Waals surface area contributed by atoms with Gasteiger partial charge in [0.2, 0.25) is 0 Å². The van der Waals surface area contributed by atoms with Crippen molar-refractivity contribution in [3.8, 4) is 0 Å². The number of aryl methyl sites for hydroxylation is 1. The number of urea groups is 1. The third-order valence-electron chi connectivity index (χ3n) is 4.42. The number of hydrogen-bond acceptors (Lipinski definition) is 5. The number of imidazole rings is 1. The molecule has 0 aromatic carbocycles. The summed E-state index contributed by atoms with van der Waals surface area (Å²) in [4.78, 5) is 17.6. The number of nitrogens with zero attached hydrogens (tertiary/aromatic N) is 6. The highest BCUT2D eigenvalue weighted by Crippen LogP contribution is 2.46. The molecule has 0 aliphatic carbocycles. The summed E-state index contributed by atoms with van der Waals surface area (Å²) in [6, 6.07) is -0.0478. The Bertz CT molecular complexity index is 1100. The molecule has 1 aliphatic heterocycles. The molecule has 29 heavy (non-hydrogen) atoms. The Balaban J connectivity index is 1.72. The van der Waals surface area contributed by atoms with Crippen LogP contribution in [0.25, 0.3) is 5.65 Å². The van der Waals surface area contributed by atoms with Gasteiger partial charge in [-0.3, -0.25) is 4.90 Å². The van der Waals surface area contributed by atoms with Crippen LogP contribution < -0.4 is 10.2 Å². The summed E-state index contributed by atoms with van der Waals surface area (Å²) in [6.45, 7) is 0.915. The molecule has 0 radical (unpaired) electrons. The summed E-state index contributed by atoms with van der Waals surface area (Å²) in [5, 5.41) is 12.9. The normalized spacial score (nSPS) is 16.5. The van der Waals surface area contributed by atoms with E-state index >= 15 is 0 Å². The van der Waals surface area contributed by atoms with E-state index in [0.717, 1.165) is 23.4 Å². The van der Waals surface area contributed by atoms with Gasteiger partial charge in [-0.25, -0.2) is 23.1 Å². The van der Waals surface area contributed by atoms with E-state index in [2.05, 4.69) is 25.6 Å². The van der Waals surface area contributed by atoms with Crippen LogP contribution in [0.3, 0.4) is 0 Å². The molecule has 0 fully saturated rings. The molecule has 13 heteroatoms. The highest BCUT2D eigenvalue weighted by Gasteiger charge is 2.50. The van der Waals surface area contributed by atoms with Crippen molar-refractivity contribution in [2.24, 2.45) is 0 Å². The van der Waals surface area contributed by atoms with Gasteiger partial charge in [-0.15, -0.1) is 5.10 Å². The predicted octanol–water partition coefficient (Wildman–Crippen LogP) is 3.46. The molecule has 1 N–H and O–H groups in total. The van der Waals surface area contributed by atoms with E-state index in [-0.39, 0.29) is 22.6 Å². The van der Waals surface area contributed by atoms with Crippen molar-refractivity contribution in [1.82, 2.24) is 24.8 Å². The van der Waals surface area contributed by atoms with Crippen LogP contribution in [0, 0.1) is 6.92 Å². The second kappa shape index (κ2) is 6.60. The van der Waals surface area contributed by atoms with Crippen molar-refractivity contribution < 1.29 is 26.7 Å². The first kappa shape index (κ1) is 19.0. The number of aromatic nitrogens is 5. The molecule has 8 nitrogen and oxygen atoms in total. The zero-order valence-corrected chi connectivity index (χ0v) is 14.7. The lowest BCUT2D eigenvalue weighted by molar-refractivity contribution is -0.146. The highest BCUT2D eigenvalue weighted by atomic mass is 19.4. The lowest BCUT2D eigenvalue weighted by Crippen LogP contribution is -2.36. The third-order valence-corrected chi connectivity index (χ3v) is 4.42. The minimum Gasteiger partial charge on any atom is -0.306 e. The topological polar surface area (TPSA) is 88.3 Å². The van der Waals surface area contributed by atoms with Crippen molar-refractivity contribution in [3.05, 3.63) is 41.6 Å². The van der Waals surface area contributed by atoms with Crippen LogP contribution in [0.5, 0.6) is 0 Å². The van der Waals surface area contributed by atoms with Gasteiger partial charge in [0.1, 0.15) is 11.6 Å². The molecule has 0 bridgehead atoms. The van der Waals surface area contributed by atoms with Crippen LogP contribution in [-0.4, -0.2) is 43.5 Å². The second-order valence-corrected chi connectivity index (χ2v) is 6.40. The molecule has 152 valence electrons. The average Bonchev–Trinajstić information content (AvgIpc) is 3.21. The fourth-order valence-electron chi connectivity index (χ4n) is 3.19. The van der Waals surface area contributed by atoms with Crippen LogP contribution in [0.1, 0.15) is 29.3 Å². The Labute approximate surface area is 159 Å². The van der Waals surface area contributed by atoms with Gasteiger partial charge in [0.05, 0.1) is 35.7 Å². The number of carbonyl (C=O) groups is 1. The maximum absolute atomic E-state index is 13.7. The highest BCUT2D eigenvalue weighted by molar-refractivity contribution is 6.04.